The highest BCUT2D eigenvalue weighted by Crippen LogP contribution is 2.14. The number of anilines is 1. The van der Waals surface area contributed by atoms with Crippen LogP contribution in [0.5, 0.6) is 0 Å². The predicted molar refractivity (Wildman–Crippen MR) is 39.6 cm³/mol. The van der Waals surface area contributed by atoms with Crippen molar-refractivity contribution in [3.63, 3.8) is 0 Å². The van der Waals surface area contributed by atoms with Gasteiger partial charge < -0.3 is 4.90 Å². The fourth-order valence-electron chi connectivity index (χ4n) is 0.745. The van der Waals surface area contributed by atoms with E-state index in [1.807, 2.05) is 0 Å². The summed E-state index contributed by atoms with van der Waals surface area (Å²) >= 11 is 0. The summed E-state index contributed by atoms with van der Waals surface area (Å²) in [5.74, 6) is -0.205. The summed E-state index contributed by atoms with van der Waals surface area (Å²) in [5.41, 5.74) is 0.572. The maximum atomic E-state index is 12.8. The zero-order valence-corrected chi connectivity index (χ0v) is 6.06. The van der Waals surface area contributed by atoms with Gasteiger partial charge in [-0.25, -0.2) is 4.39 Å². The summed E-state index contributed by atoms with van der Waals surface area (Å²) in [4.78, 5) is 1.71. The number of halogens is 1. The van der Waals surface area contributed by atoms with Crippen molar-refractivity contribution in [1.29, 1.82) is 0 Å². The molecule has 1 radical (unpaired) electrons. The van der Waals surface area contributed by atoms with Gasteiger partial charge in [-0.15, -0.1) is 0 Å². The largest absolute Gasteiger partial charge is 0.375 e. The fraction of sp³-hybridized carbons (Fsp3) is 0.250. The lowest BCUT2D eigenvalue weighted by Crippen LogP contribution is -2.10. The number of hydrogen-bond acceptors (Lipinski definition) is 1. The van der Waals surface area contributed by atoms with Gasteiger partial charge in [-0.2, -0.15) is 0 Å². The van der Waals surface area contributed by atoms with Crippen LogP contribution in [-0.2, 0) is 0 Å². The smallest absolute Gasteiger partial charge is 0.146 e. The van der Waals surface area contributed by atoms with Gasteiger partial charge in [0.05, 0.1) is 5.69 Å². The second-order valence-electron chi connectivity index (χ2n) is 2.27. The van der Waals surface area contributed by atoms with Crippen LogP contribution in [0.15, 0.2) is 18.2 Å². The Morgan fingerprint density at radius 2 is 2.20 bits per heavy atom. The summed E-state index contributed by atoms with van der Waals surface area (Å²) in [6.07, 6.45) is 0. The molecule has 0 heterocycles. The molecule has 0 spiro atoms. The minimum atomic E-state index is -0.205. The van der Waals surface area contributed by atoms with Gasteiger partial charge in [0.25, 0.3) is 0 Å². The topological polar surface area (TPSA) is 3.24 Å². The fourth-order valence-corrected chi connectivity index (χ4v) is 0.745. The first kappa shape index (κ1) is 7.06. The minimum absolute atomic E-state index is 0.205. The third kappa shape index (κ3) is 1.26. The molecule has 0 amide bonds. The first-order valence-corrected chi connectivity index (χ1v) is 3.05. The van der Waals surface area contributed by atoms with Crippen LogP contribution in [-0.4, -0.2) is 14.1 Å². The number of nitrogens with zero attached hydrogens (tertiary/aromatic N) is 1. The second-order valence-corrected chi connectivity index (χ2v) is 2.27. The van der Waals surface area contributed by atoms with Crippen LogP contribution < -0.4 is 4.90 Å². The third-order valence-corrected chi connectivity index (χ3v) is 1.27. The Hall–Kier alpha value is -1.05. The lowest BCUT2D eigenvalue weighted by Gasteiger charge is -2.11. The summed E-state index contributed by atoms with van der Waals surface area (Å²) in [7, 11) is 3.60. The van der Waals surface area contributed by atoms with E-state index in [2.05, 4.69) is 6.07 Å². The molecule has 0 bridgehead atoms. The molecular weight excluding hydrogens is 129 g/mol. The Morgan fingerprint density at radius 3 is 2.60 bits per heavy atom. The zero-order chi connectivity index (χ0) is 7.56. The molecule has 0 saturated carbocycles. The number of hydrogen-bond donors (Lipinski definition) is 0. The molecular formula is C8H9FN. The molecule has 1 aromatic rings. The molecule has 0 aliphatic carbocycles. The monoisotopic (exact) mass is 138 g/mol. The van der Waals surface area contributed by atoms with Crippen LogP contribution in [0.4, 0.5) is 10.1 Å². The summed E-state index contributed by atoms with van der Waals surface area (Å²) in [6, 6.07) is 7.38. The van der Waals surface area contributed by atoms with Crippen LogP contribution >= 0.6 is 0 Å². The van der Waals surface area contributed by atoms with E-state index in [9.17, 15) is 4.39 Å². The zero-order valence-electron chi connectivity index (χ0n) is 6.06. The molecule has 1 rings (SSSR count). The molecule has 53 valence electrons. The maximum absolute atomic E-state index is 12.8. The Bertz CT molecular complexity index is 220. The van der Waals surface area contributed by atoms with E-state index in [1.54, 1.807) is 31.1 Å². The second kappa shape index (κ2) is 2.69. The molecule has 10 heavy (non-hydrogen) atoms. The molecule has 0 atom stereocenters. The van der Waals surface area contributed by atoms with E-state index in [0.717, 1.165) is 0 Å². The molecule has 1 aromatic carbocycles. The Balaban J connectivity index is 3.03. The normalized spacial score (nSPS) is 9.50. The average molecular weight is 138 g/mol. The molecule has 0 aliphatic rings. The van der Waals surface area contributed by atoms with Gasteiger partial charge in [0.2, 0.25) is 0 Å². The van der Waals surface area contributed by atoms with E-state index < -0.39 is 0 Å². The Kier molecular flexibility index (Phi) is 1.90. The highest BCUT2D eigenvalue weighted by molar-refractivity contribution is 5.45. The van der Waals surface area contributed by atoms with Crippen LogP contribution in [0.1, 0.15) is 0 Å². The van der Waals surface area contributed by atoms with Crippen molar-refractivity contribution < 1.29 is 4.39 Å². The van der Waals surface area contributed by atoms with E-state index in [0.29, 0.717) is 5.69 Å². The molecule has 2 heteroatoms. The first-order chi connectivity index (χ1) is 4.72. The van der Waals surface area contributed by atoms with Gasteiger partial charge in [0.15, 0.2) is 0 Å². The standard InChI is InChI=1S/C8H9FN/c1-10(2)8-6-4-3-5-7(8)9/h3,5-6H,1-2H3. The van der Waals surface area contributed by atoms with Gasteiger partial charge in [0, 0.05) is 14.1 Å². The first-order valence-electron chi connectivity index (χ1n) is 3.05. The Morgan fingerprint density at radius 1 is 1.50 bits per heavy atom. The SMILES string of the molecule is CN(C)c1c[c]ccc1F. The van der Waals surface area contributed by atoms with Crippen molar-refractivity contribution in [2.24, 2.45) is 0 Å². The highest BCUT2D eigenvalue weighted by atomic mass is 19.1. The van der Waals surface area contributed by atoms with Crippen LogP contribution in [0.25, 0.3) is 0 Å². The number of benzene rings is 1. The maximum Gasteiger partial charge on any atom is 0.146 e. The highest BCUT2D eigenvalue weighted by Gasteiger charge is 1.99. The van der Waals surface area contributed by atoms with Crippen molar-refractivity contribution in [2.75, 3.05) is 19.0 Å². The van der Waals surface area contributed by atoms with Crippen LogP contribution in [0.2, 0.25) is 0 Å². The number of rotatable bonds is 1. The van der Waals surface area contributed by atoms with Gasteiger partial charge in [0.1, 0.15) is 5.82 Å². The average Bonchev–Trinajstić information content (AvgIpc) is 1.88. The minimum Gasteiger partial charge on any atom is -0.375 e. The van der Waals surface area contributed by atoms with Gasteiger partial charge in [-0.05, 0) is 18.2 Å². The summed E-state index contributed by atoms with van der Waals surface area (Å²) < 4.78 is 12.8. The van der Waals surface area contributed by atoms with Gasteiger partial charge in [-0.3, -0.25) is 0 Å². The molecule has 0 fully saturated rings. The van der Waals surface area contributed by atoms with Crippen molar-refractivity contribution >= 4 is 5.69 Å². The van der Waals surface area contributed by atoms with E-state index in [1.165, 1.54) is 6.07 Å². The van der Waals surface area contributed by atoms with Crippen LogP contribution in [0.3, 0.4) is 0 Å². The molecule has 0 saturated heterocycles. The van der Waals surface area contributed by atoms with Crippen molar-refractivity contribution in [3.05, 3.63) is 30.1 Å². The summed E-state index contributed by atoms with van der Waals surface area (Å²) in [5, 5.41) is 0. The van der Waals surface area contributed by atoms with E-state index >= 15 is 0 Å². The van der Waals surface area contributed by atoms with Gasteiger partial charge >= 0.3 is 0 Å². The van der Waals surface area contributed by atoms with E-state index in [4.69, 9.17) is 0 Å². The molecule has 0 aromatic heterocycles. The summed E-state index contributed by atoms with van der Waals surface area (Å²) in [6.45, 7) is 0. The molecule has 0 N–H and O–H groups in total. The van der Waals surface area contributed by atoms with Crippen molar-refractivity contribution in [3.8, 4) is 0 Å². The van der Waals surface area contributed by atoms with Crippen molar-refractivity contribution in [1.82, 2.24) is 0 Å². The Labute approximate surface area is 60.1 Å². The quantitative estimate of drug-likeness (QED) is 0.570. The van der Waals surface area contributed by atoms with Crippen molar-refractivity contribution in [2.45, 2.75) is 0 Å². The van der Waals surface area contributed by atoms with Crippen LogP contribution in [0, 0.1) is 11.9 Å². The predicted octanol–water partition coefficient (Wildman–Crippen LogP) is 1.69. The van der Waals surface area contributed by atoms with Gasteiger partial charge in [-0.1, -0.05) is 6.07 Å². The molecule has 0 aliphatic heterocycles. The molecule has 1 nitrogen and oxygen atoms in total. The van der Waals surface area contributed by atoms with E-state index in [-0.39, 0.29) is 5.82 Å². The molecule has 0 unspecified atom stereocenters. The lowest BCUT2D eigenvalue weighted by molar-refractivity contribution is 0.626. The lowest BCUT2D eigenvalue weighted by atomic mass is 10.3. The third-order valence-electron chi connectivity index (χ3n) is 1.27.